The first-order chi connectivity index (χ1) is 14.4. The first-order valence-corrected chi connectivity index (χ1v) is 9.53. The summed E-state index contributed by atoms with van der Waals surface area (Å²) in [6, 6.07) is 3.75. The minimum absolute atomic E-state index is 0.0863. The molecule has 1 aliphatic heterocycles. The van der Waals surface area contributed by atoms with Crippen molar-refractivity contribution in [3.05, 3.63) is 58.1 Å². The predicted octanol–water partition coefficient (Wildman–Crippen LogP) is 3.39. The third-order valence-electron chi connectivity index (χ3n) is 4.91. The van der Waals surface area contributed by atoms with E-state index in [9.17, 15) is 18.0 Å². The Morgan fingerprint density at radius 1 is 1.37 bits per heavy atom. The van der Waals surface area contributed by atoms with Crippen LogP contribution in [0.25, 0.3) is 16.9 Å². The molecule has 4 rings (SSSR count). The second-order valence-electron chi connectivity index (χ2n) is 6.78. The number of fused-ring (bicyclic) bond motifs is 1. The first-order valence-electron chi connectivity index (χ1n) is 9.15. The molecule has 1 saturated heterocycles. The molecule has 3 aromatic rings. The number of pyridine rings is 1. The van der Waals surface area contributed by atoms with E-state index in [2.05, 4.69) is 15.0 Å². The number of ether oxygens (including phenoxy) is 2. The van der Waals surface area contributed by atoms with Crippen molar-refractivity contribution in [2.75, 3.05) is 26.8 Å². The molecule has 3 heterocycles. The number of imidazole rings is 1. The van der Waals surface area contributed by atoms with Gasteiger partial charge < -0.3 is 19.2 Å². The lowest BCUT2D eigenvalue weighted by Gasteiger charge is -2.24. The number of morpholine rings is 1. The maximum absolute atomic E-state index is 14.9. The first kappa shape index (κ1) is 20.6. The molecule has 0 radical (unpaired) electrons. The van der Waals surface area contributed by atoms with Crippen LogP contribution >= 0.6 is 11.6 Å². The molecule has 1 aromatic carbocycles. The molecule has 1 atom stereocenters. The van der Waals surface area contributed by atoms with Crippen LogP contribution in [0.4, 0.5) is 13.2 Å². The molecule has 1 fully saturated rings. The highest BCUT2D eigenvalue weighted by molar-refractivity contribution is 6.30. The zero-order chi connectivity index (χ0) is 21.4. The number of methoxy groups -OCH3 is 1. The molecule has 2 aromatic heterocycles. The van der Waals surface area contributed by atoms with Gasteiger partial charge in [-0.25, -0.2) is 22.9 Å². The Kier molecular flexibility index (Phi) is 5.68. The van der Waals surface area contributed by atoms with Gasteiger partial charge in [-0.15, -0.1) is 0 Å². The van der Waals surface area contributed by atoms with Gasteiger partial charge in [0.15, 0.2) is 11.6 Å². The number of nitrogens with zero attached hydrogens (tertiary/aromatic N) is 2. The van der Waals surface area contributed by atoms with Gasteiger partial charge in [-0.05, 0) is 12.1 Å². The highest BCUT2D eigenvalue weighted by Crippen LogP contribution is 2.33. The second kappa shape index (κ2) is 8.25. The minimum atomic E-state index is -1.52. The summed E-state index contributed by atoms with van der Waals surface area (Å²) < 4.78 is 56.1. The van der Waals surface area contributed by atoms with Gasteiger partial charge in [0, 0.05) is 36.8 Å². The number of benzene rings is 1. The normalized spacial score (nSPS) is 16.8. The number of rotatable bonds is 4. The van der Waals surface area contributed by atoms with Crippen molar-refractivity contribution < 1.29 is 27.4 Å². The summed E-state index contributed by atoms with van der Waals surface area (Å²) >= 11 is 6.03. The van der Waals surface area contributed by atoms with E-state index in [1.165, 1.54) is 6.07 Å². The maximum Gasteiger partial charge on any atom is 0.341 e. The van der Waals surface area contributed by atoms with Gasteiger partial charge in [-0.3, -0.25) is 0 Å². The summed E-state index contributed by atoms with van der Waals surface area (Å²) in [5, 5.41) is 3.57. The Bertz CT molecular complexity index is 1130. The molecule has 0 saturated carbocycles. The van der Waals surface area contributed by atoms with E-state index in [0.717, 1.165) is 7.11 Å². The van der Waals surface area contributed by atoms with E-state index in [1.807, 2.05) is 0 Å². The summed E-state index contributed by atoms with van der Waals surface area (Å²) in [6.45, 7) is 1.74. The van der Waals surface area contributed by atoms with E-state index in [0.29, 0.717) is 42.1 Å². The van der Waals surface area contributed by atoms with Crippen LogP contribution in [0.3, 0.4) is 0 Å². The second-order valence-corrected chi connectivity index (χ2v) is 7.22. The molecule has 1 N–H and O–H groups in total. The highest BCUT2D eigenvalue weighted by Gasteiger charge is 2.29. The molecule has 158 valence electrons. The van der Waals surface area contributed by atoms with Crippen molar-refractivity contribution in [1.82, 2.24) is 14.7 Å². The van der Waals surface area contributed by atoms with Crippen LogP contribution in [0.2, 0.25) is 5.02 Å². The fraction of sp³-hybridized carbons (Fsp3) is 0.300. The molecule has 10 heteroatoms. The number of carbonyl (C=O) groups excluding carboxylic acids is 1. The summed E-state index contributed by atoms with van der Waals surface area (Å²) in [4.78, 5) is 15.9. The van der Waals surface area contributed by atoms with Crippen LogP contribution in [0.5, 0.6) is 0 Å². The van der Waals surface area contributed by atoms with E-state index in [-0.39, 0.29) is 18.2 Å². The molecule has 0 unspecified atom stereocenters. The molecule has 0 aliphatic carbocycles. The predicted molar refractivity (Wildman–Crippen MR) is 103 cm³/mol. The molecule has 0 bridgehead atoms. The van der Waals surface area contributed by atoms with Crippen LogP contribution in [0, 0.1) is 17.5 Å². The van der Waals surface area contributed by atoms with Gasteiger partial charge in [-0.2, -0.15) is 0 Å². The molecule has 6 nitrogen and oxygen atoms in total. The SMILES string of the molecule is COC(=O)c1cc(F)c(-c2nc3cc(Cl)ccn3c2C[C@H]2CNCCO2)c(F)c1F. The largest absolute Gasteiger partial charge is 0.465 e. The van der Waals surface area contributed by atoms with Gasteiger partial charge in [0.05, 0.1) is 36.8 Å². The van der Waals surface area contributed by atoms with Gasteiger partial charge in [-0.1, -0.05) is 11.6 Å². The quantitative estimate of drug-likeness (QED) is 0.498. The Hall–Kier alpha value is -2.62. The number of nitrogens with one attached hydrogen (secondary N) is 1. The standard InChI is InChI=1S/C20H17ClF3N3O3/c1-29-20(28)12-8-13(22)16(18(24)17(12)23)19-14(7-11-9-25-3-5-30-11)27-4-2-10(21)6-15(27)26-19/h2,4,6,8,11,25H,3,5,7,9H2,1H3/t11-/m0/s1. The molecular formula is C20H17ClF3N3O3. The van der Waals surface area contributed by atoms with Gasteiger partial charge in [0.25, 0.3) is 0 Å². The van der Waals surface area contributed by atoms with Crippen molar-refractivity contribution in [1.29, 1.82) is 0 Å². The molecular weight excluding hydrogens is 423 g/mol. The van der Waals surface area contributed by atoms with E-state index < -0.39 is 34.5 Å². The fourth-order valence-electron chi connectivity index (χ4n) is 3.50. The number of halogens is 4. The summed E-state index contributed by atoms with van der Waals surface area (Å²) in [5.74, 6) is -5.34. The Morgan fingerprint density at radius 3 is 2.87 bits per heavy atom. The maximum atomic E-state index is 14.9. The van der Waals surface area contributed by atoms with E-state index in [4.69, 9.17) is 16.3 Å². The highest BCUT2D eigenvalue weighted by atomic mass is 35.5. The molecule has 0 amide bonds. The van der Waals surface area contributed by atoms with Crippen LogP contribution in [-0.4, -0.2) is 48.3 Å². The van der Waals surface area contributed by atoms with Crippen molar-refractivity contribution in [3.63, 3.8) is 0 Å². The van der Waals surface area contributed by atoms with Crippen molar-refractivity contribution in [2.45, 2.75) is 12.5 Å². The van der Waals surface area contributed by atoms with Gasteiger partial charge >= 0.3 is 5.97 Å². The van der Waals surface area contributed by atoms with Crippen LogP contribution < -0.4 is 5.32 Å². The zero-order valence-corrected chi connectivity index (χ0v) is 16.6. The molecule has 1 aliphatic rings. The number of carbonyl (C=O) groups is 1. The molecule has 30 heavy (non-hydrogen) atoms. The van der Waals surface area contributed by atoms with Crippen molar-refractivity contribution in [3.8, 4) is 11.3 Å². The van der Waals surface area contributed by atoms with E-state index >= 15 is 0 Å². The Labute approximate surface area is 174 Å². The summed E-state index contributed by atoms with van der Waals surface area (Å²) in [6.07, 6.45) is 1.62. The van der Waals surface area contributed by atoms with Gasteiger partial charge in [0.1, 0.15) is 17.0 Å². The average Bonchev–Trinajstić information content (AvgIpc) is 3.07. The lowest BCUT2D eigenvalue weighted by molar-refractivity contribution is 0.0286. The lowest BCUT2D eigenvalue weighted by Crippen LogP contribution is -2.39. The Balaban J connectivity index is 1.91. The zero-order valence-electron chi connectivity index (χ0n) is 15.8. The van der Waals surface area contributed by atoms with Crippen molar-refractivity contribution in [2.24, 2.45) is 0 Å². The van der Waals surface area contributed by atoms with Crippen molar-refractivity contribution >= 4 is 23.2 Å². The summed E-state index contributed by atoms with van der Waals surface area (Å²) in [7, 11) is 0.994. The smallest absolute Gasteiger partial charge is 0.341 e. The van der Waals surface area contributed by atoms with Crippen LogP contribution in [-0.2, 0) is 15.9 Å². The van der Waals surface area contributed by atoms with Crippen LogP contribution in [0.15, 0.2) is 24.4 Å². The monoisotopic (exact) mass is 439 g/mol. The number of aromatic nitrogens is 2. The average molecular weight is 440 g/mol. The minimum Gasteiger partial charge on any atom is -0.465 e. The topological polar surface area (TPSA) is 64.9 Å². The number of esters is 1. The number of hydrogen-bond donors (Lipinski definition) is 1. The summed E-state index contributed by atoms with van der Waals surface area (Å²) in [5.41, 5.74) is -0.814. The van der Waals surface area contributed by atoms with E-state index in [1.54, 1.807) is 16.7 Å². The third kappa shape index (κ3) is 3.64. The fourth-order valence-corrected chi connectivity index (χ4v) is 3.66. The Morgan fingerprint density at radius 2 is 2.17 bits per heavy atom. The van der Waals surface area contributed by atoms with Crippen LogP contribution in [0.1, 0.15) is 16.1 Å². The van der Waals surface area contributed by atoms with Gasteiger partial charge in [0.2, 0.25) is 0 Å². The third-order valence-corrected chi connectivity index (χ3v) is 5.15. The lowest BCUT2D eigenvalue weighted by atomic mass is 10.0. The molecule has 0 spiro atoms. The number of hydrogen-bond acceptors (Lipinski definition) is 5.